The van der Waals surface area contributed by atoms with Gasteiger partial charge in [-0.1, -0.05) is 6.92 Å². The van der Waals surface area contributed by atoms with E-state index in [4.69, 9.17) is 4.98 Å². The Balaban J connectivity index is 1.54. The van der Waals surface area contributed by atoms with Gasteiger partial charge in [0.15, 0.2) is 5.96 Å². The van der Waals surface area contributed by atoms with Gasteiger partial charge >= 0.3 is 0 Å². The van der Waals surface area contributed by atoms with Crippen LogP contribution >= 0.6 is 11.3 Å². The lowest BCUT2D eigenvalue weighted by atomic mass is 9.79. The number of thiazole rings is 1. The van der Waals surface area contributed by atoms with Crippen LogP contribution in [0.1, 0.15) is 41.8 Å². The smallest absolute Gasteiger partial charge is 0.220 e. The summed E-state index contributed by atoms with van der Waals surface area (Å²) in [6.45, 7) is 7.85. The molecule has 0 aromatic carbocycles. The van der Waals surface area contributed by atoms with Crippen LogP contribution in [0.5, 0.6) is 0 Å². The van der Waals surface area contributed by atoms with Crippen LogP contribution in [0.4, 0.5) is 0 Å². The third-order valence-electron chi connectivity index (χ3n) is 5.26. The van der Waals surface area contributed by atoms with Gasteiger partial charge in [-0.2, -0.15) is 0 Å². The monoisotopic (exact) mass is 363 g/mol. The Morgan fingerprint density at radius 3 is 3.00 bits per heavy atom. The Morgan fingerprint density at radius 2 is 2.36 bits per heavy atom. The van der Waals surface area contributed by atoms with Crippen molar-refractivity contribution in [2.75, 3.05) is 33.2 Å². The van der Waals surface area contributed by atoms with E-state index in [-0.39, 0.29) is 11.3 Å². The molecule has 2 N–H and O–H groups in total. The largest absolute Gasteiger partial charge is 0.356 e. The number of piperidine rings is 1. The number of guanidine groups is 1. The third-order valence-corrected chi connectivity index (χ3v) is 6.34. The summed E-state index contributed by atoms with van der Waals surface area (Å²) in [6.07, 6.45) is 4.81. The van der Waals surface area contributed by atoms with Crippen molar-refractivity contribution in [3.8, 4) is 0 Å². The summed E-state index contributed by atoms with van der Waals surface area (Å²) in [4.78, 5) is 24.5. The fraction of sp³-hybridized carbons (Fsp3) is 0.722. The van der Waals surface area contributed by atoms with Crippen molar-refractivity contribution >= 4 is 23.2 Å². The Labute approximate surface area is 154 Å². The predicted molar refractivity (Wildman–Crippen MR) is 102 cm³/mol. The van der Waals surface area contributed by atoms with Gasteiger partial charge in [0.1, 0.15) is 0 Å². The minimum atomic E-state index is 0.0927. The molecule has 2 fully saturated rings. The Morgan fingerprint density at radius 1 is 1.52 bits per heavy atom. The average molecular weight is 364 g/mol. The Bertz CT molecular complexity index is 656. The maximum atomic E-state index is 11.7. The highest BCUT2D eigenvalue weighted by molar-refractivity contribution is 7.11. The highest BCUT2D eigenvalue weighted by Crippen LogP contribution is 2.35. The van der Waals surface area contributed by atoms with Gasteiger partial charge in [-0.15, -0.1) is 11.3 Å². The fourth-order valence-corrected chi connectivity index (χ4v) is 4.99. The molecule has 1 aromatic rings. The lowest BCUT2D eigenvalue weighted by Gasteiger charge is -2.40. The number of nitrogens with zero attached hydrogens (tertiary/aromatic N) is 3. The van der Waals surface area contributed by atoms with Crippen molar-refractivity contribution < 1.29 is 4.79 Å². The minimum absolute atomic E-state index is 0.0927. The molecule has 3 rings (SSSR count). The van der Waals surface area contributed by atoms with E-state index in [0.29, 0.717) is 6.42 Å². The number of amides is 1. The lowest BCUT2D eigenvalue weighted by Crippen LogP contribution is -2.51. The first-order valence-electron chi connectivity index (χ1n) is 9.23. The van der Waals surface area contributed by atoms with Gasteiger partial charge in [0.2, 0.25) is 5.91 Å². The van der Waals surface area contributed by atoms with Crippen LogP contribution in [0.15, 0.2) is 4.99 Å². The predicted octanol–water partition coefficient (Wildman–Crippen LogP) is 1.73. The van der Waals surface area contributed by atoms with Crippen LogP contribution in [-0.2, 0) is 17.6 Å². The van der Waals surface area contributed by atoms with Gasteiger partial charge in [-0.25, -0.2) is 4.98 Å². The molecular weight excluding hydrogens is 334 g/mol. The van der Waals surface area contributed by atoms with Gasteiger partial charge < -0.3 is 15.5 Å². The summed E-state index contributed by atoms with van der Waals surface area (Å²) in [5.74, 6) is 1.14. The minimum Gasteiger partial charge on any atom is -0.356 e. The number of hydrogen-bond acceptors (Lipinski definition) is 4. The molecule has 138 valence electrons. The van der Waals surface area contributed by atoms with Crippen molar-refractivity contribution in [2.24, 2.45) is 10.4 Å². The number of aliphatic imine (C=N–C) groups is 1. The number of carbonyl (C=O) groups is 1. The molecule has 1 aromatic heterocycles. The molecular formula is C18H29N5OS. The second-order valence-corrected chi connectivity index (χ2v) is 8.45. The zero-order valence-corrected chi connectivity index (χ0v) is 16.3. The molecule has 1 amide bonds. The molecule has 6 nitrogen and oxygen atoms in total. The average Bonchev–Trinajstić information content (AvgIpc) is 3.14. The molecule has 1 spiro atoms. The molecule has 0 aliphatic carbocycles. The molecule has 25 heavy (non-hydrogen) atoms. The number of aryl methyl sites for hydroxylation is 2. The first kappa shape index (κ1) is 18.2. The summed E-state index contributed by atoms with van der Waals surface area (Å²) in [6, 6.07) is 0. The van der Waals surface area contributed by atoms with Crippen LogP contribution in [0.3, 0.4) is 0 Å². The maximum Gasteiger partial charge on any atom is 0.220 e. The molecule has 0 saturated carbocycles. The van der Waals surface area contributed by atoms with E-state index in [1.807, 2.05) is 7.05 Å². The Hall–Kier alpha value is -1.63. The number of nitrogens with one attached hydrogen (secondary N) is 2. The van der Waals surface area contributed by atoms with Gasteiger partial charge in [0, 0.05) is 56.4 Å². The van der Waals surface area contributed by atoms with E-state index in [1.165, 1.54) is 15.6 Å². The van der Waals surface area contributed by atoms with Gasteiger partial charge in [0.25, 0.3) is 0 Å². The SMILES string of the molecule is CCc1nc(CCNC(=NC)N2CCCC3(CNC(=O)C3)C2)sc1C. The van der Waals surface area contributed by atoms with E-state index in [1.54, 1.807) is 11.3 Å². The van der Waals surface area contributed by atoms with Crippen LogP contribution in [0, 0.1) is 12.3 Å². The van der Waals surface area contributed by atoms with Crippen LogP contribution in [0.25, 0.3) is 0 Å². The normalized spacial score (nSPS) is 24.0. The standard InChI is InChI=1S/C18H29N5OS/c1-4-14-13(2)25-16(22-14)6-8-20-17(19-3)23-9-5-7-18(12-23)10-15(24)21-11-18/h4-12H2,1-3H3,(H,19,20)(H,21,24). The molecule has 3 heterocycles. The molecule has 2 saturated heterocycles. The molecule has 0 bridgehead atoms. The van der Waals surface area contributed by atoms with Crippen molar-refractivity contribution in [2.45, 2.75) is 46.0 Å². The van der Waals surface area contributed by atoms with Crippen molar-refractivity contribution in [3.63, 3.8) is 0 Å². The second-order valence-electron chi connectivity index (χ2n) is 7.17. The van der Waals surface area contributed by atoms with Gasteiger partial charge in [-0.3, -0.25) is 9.79 Å². The highest BCUT2D eigenvalue weighted by atomic mass is 32.1. The Kier molecular flexibility index (Phi) is 5.61. The number of aromatic nitrogens is 1. The lowest BCUT2D eigenvalue weighted by molar-refractivity contribution is -0.119. The summed E-state index contributed by atoms with van der Waals surface area (Å²) >= 11 is 1.80. The van der Waals surface area contributed by atoms with Crippen LogP contribution in [-0.4, -0.2) is 55.0 Å². The molecule has 0 radical (unpaired) electrons. The first-order valence-corrected chi connectivity index (χ1v) is 10.0. The maximum absolute atomic E-state index is 11.7. The zero-order valence-electron chi connectivity index (χ0n) is 15.5. The number of hydrogen-bond donors (Lipinski definition) is 2. The van der Waals surface area contributed by atoms with Gasteiger partial charge in [0.05, 0.1) is 10.7 Å². The number of likely N-dealkylation sites (tertiary alicyclic amines) is 1. The molecule has 2 aliphatic rings. The topological polar surface area (TPSA) is 69.6 Å². The van der Waals surface area contributed by atoms with E-state index in [2.05, 4.69) is 34.4 Å². The van der Waals surface area contributed by atoms with Crippen molar-refractivity contribution in [3.05, 3.63) is 15.6 Å². The highest BCUT2D eigenvalue weighted by Gasteiger charge is 2.42. The number of rotatable bonds is 4. The second kappa shape index (κ2) is 7.72. The van der Waals surface area contributed by atoms with Crippen LogP contribution < -0.4 is 10.6 Å². The molecule has 2 aliphatic heterocycles. The summed E-state index contributed by atoms with van der Waals surface area (Å²) in [5.41, 5.74) is 1.32. The van der Waals surface area contributed by atoms with Gasteiger partial charge in [-0.05, 0) is 26.2 Å². The zero-order chi connectivity index (χ0) is 17.9. The van der Waals surface area contributed by atoms with Crippen molar-refractivity contribution in [1.82, 2.24) is 20.5 Å². The number of carbonyl (C=O) groups excluding carboxylic acids is 1. The third kappa shape index (κ3) is 4.14. The molecule has 7 heteroatoms. The van der Waals surface area contributed by atoms with Crippen LogP contribution in [0.2, 0.25) is 0 Å². The summed E-state index contributed by atoms with van der Waals surface area (Å²) in [7, 11) is 1.84. The van der Waals surface area contributed by atoms with Crippen molar-refractivity contribution in [1.29, 1.82) is 0 Å². The quantitative estimate of drug-likeness (QED) is 0.631. The fourth-order valence-electron chi connectivity index (χ4n) is 3.97. The van der Waals surface area contributed by atoms with E-state index >= 15 is 0 Å². The molecule has 1 atom stereocenters. The summed E-state index contributed by atoms with van der Waals surface area (Å²) < 4.78 is 0. The van der Waals surface area contributed by atoms with E-state index in [9.17, 15) is 4.79 Å². The van der Waals surface area contributed by atoms with E-state index < -0.39 is 0 Å². The molecule has 1 unspecified atom stereocenters. The first-order chi connectivity index (χ1) is 12.0. The van der Waals surface area contributed by atoms with E-state index in [0.717, 1.165) is 57.8 Å². The summed E-state index contributed by atoms with van der Waals surface area (Å²) in [5, 5.41) is 7.68.